The summed E-state index contributed by atoms with van der Waals surface area (Å²) < 4.78 is 30.0. The van der Waals surface area contributed by atoms with E-state index in [4.69, 9.17) is 4.74 Å². The number of benzene rings is 3. The van der Waals surface area contributed by atoms with Gasteiger partial charge in [0.15, 0.2) is 9.84 Å². The Kier molecular flexibility index (Phi) is 6.06. The van der Waals surface area contributed by atoms with E-state index >= 15 is 0 Å². The molecular weight excluding hydrogens is 414 g/mol. The molecule has 1 unspecified atom stereocenters. The highest BCUT2D eigenvalue weighted by molar-refractivity contribution is 7.91. The van der Waals surface area contributed by atoms with Gasteiger partial charge >= 0.3 is 6.09 Å². The summed E-state index contributed by atoms with van der Waals surface area (Å²) in [6.45, 7) is -0.0684. The molecule has 0 fully saturated rings. The number of amides is 1. The third-order valence-corrected chi connectivity index (χ3v) is 7.15. The minimum atomic E-state index is -3.64. The number of fused-ring (bicyclic) bond motifs is 3. The summed E-state index contributed by atoms with van der Waals surface area (Å²) in [4.78, 5) is 12.3. The molecule has 0 aliphatic heterocycles. The Morgan fingerprint density at radius 3 is 2.06 bits per heavy atom. The standard InChI is InChI=1S/C24H23NO5S/c26-17(16-31(28,29)18-8-2-1-3-9-18)14-25-24(27)30-15-23-21-12-6-4-10-19(21)20-11-5-7-13-22(20)23/h1-13,17,23,26H,14-16H2,(H,25,27). The van der Waals surface area contributed by atoms with E-state index < -0.39 is 27.8 Å². The van der Waals surface area contributed by atoms with Crippen molar-refractivity contribution < 1.29 is 23.1 Å². The molecule has 3 aromatic rings. The molecule has 1 amide bonds. The minimum Gasteiger partial charge on any atom is -0.449 e. The second-order valence-corrected chi connectivity index (χ2v) is 9.49. The zero-order valence-electron chi connectivity index (χ0n) is 16.8. The first-order chi connectivity index (χ1) is 15.0. The van der Waals surface area contributed by atoms with E-state index in [2.05, 4.69) is 17.4 Å². The molecule has 1 aliphatic carbocycles. The Bertz CT molecular complexity index is 1130. The Morgan fingerprint density at radius 2 is 1.45 bits per heavy atom. The van der Waals surface area contributed by atoms with E-state index in [9.17, 15) is 18.3 Å². The van der Waals surface area contributed by atoms with Crippen molar-refractivity contribution >= 4 is 15.9 Å². The Balaban J connectivity index is 1.32. The van der Waals surface area contributed by atoms with E-state index in [1.165, 1.54) is 12.1 Å². The predicted molar refractivity (Wildman–Crippen MR) is 118 cm³/mol. The van der Waals surface area contributed by atoms with Crippen LogP contribution in [-0.2, 0) is 14.6 Å². The Labute approximate surface area is 181 Å². The molecule has 0 saturated carbocycles. The van der Waals surface area contributed by atoms with Gasteiger partial charge in [-0.3, -0.25) is 0 Å². The first-order valence-electron chi connectivity index (χ1n) is 10.0. The lowest BCUT2D eigenvalue weighted by Gasteiger charge is -2.16. The molecule has 7 heteroatoms. The number of carbonyl (C=O) groups is 1. The quantitative estimate of drug-likeness (QED) is 0.591. The average molecular weight is 438 g/mol. The van der Waals surface area contributed by atoms with Crippen LogP contribution in [-0.4, -0.2) is 44.6 Å². The smallest absolute Gasteiger partial charge is 0.407 e. The van der Waals surface area contributed by atoms with Crippen LogP contribution in [0.2, 0.25) is 0 Å². The topological polar surface area (TPSA) is 92.7 Å². The fraction of sp³-hybridized carbons (Fsp3) is 0.208. The summed E-state index contributed by atoms with van der Waals surface area (Å²) in [7, 11) is -3.64. The molecule has 1 atom stereocenters. The monoisotopic (exact) mass is 437 g/mol. The summed E-state index contributed by atoms with van der Waals surface area (Å²) in [6, 6.07) is 23.9. The van der Waals surface area contributed by atoms with Gasteiger partial charge < -0.3 is 15.2 Å². The van der Waals surface area contributed by atoms with Gasteiger partial charge in [-0.15, -0.1) is 0 Å². The molecule has 0 heterocycles. The molecule has 2 N–H and O–H groups in total. The van der Waals surface area contributed by atoms with Crippen molar-refractivity contribution in [2.45, 2.75) is 16.9 Å². The first kappa shape index (κ1) is 21.1. The maximum atomic E-state index is 12.3. The van der Waals surface area contributed by atoms with Crippen LogP contribution in [0.3, 0.4) is 0 Å². The maximum absolute atomic E-state index is 12.3. The van der Waals surface area contributed by atoms with E-state index in [0.29, 0.717) is 0 Å². The van der Waals surface area contributed by atoms with Crippen molar-refractivity contribution in [2.75, 3.05) is 18.9 Å². The van der Waals surface area contributed by atoms with Crippen LogP contribution < -0.4 is 5.32 Å². The summed E-state index contributed by atoms with van der Waals surface area (Å²) in [5, 5.41) is 12.5. The number of hydrogen-bond donors (Lipinski definition) is 2. The molecule has 6 nitrogen and oxygen atoms in total. The molecule has 0 aromatic heterocycles. The largest absolute Gasteiger partial charge is 0.449 e. The summed E-state index contributed by atoms with van der Waals surface area (Å²) >= 11 is 0. The van der Waals surface area contributed by atoms with Crippen molar-refractivity contribution in [3.63, 3.8) is 0 Å². The molecule has 0 bridgehead atoms. The van der Waals surface area contributed by atoms with Gasteiger partial charge in [0.05, 0.1) is 16.8 Å². The lowest BCUT2D eigenvalue weighted by atomic mass is 9.98. The second kappa shape index (κ2) is 8.91. The second-order valence-electron chi connectivity index (χ2n) is 7.45. The SMILES string of the molecule is O=C(NCC(O)CS(=O)(=O)c1ccccc1)OCC1c2ccccc2-c2ccccc21. The molecule has 1 aliphatic rings. The number of nitrogens with one attached hydrogen (secondary N) is 1. The highest BCUT2D eigenvalue weighted by atomic mass is 32.2. The predicted octanol–water partition coefficient (Wildman–Crippen LogP) is 3.36. The number of aliphatic hydroxyl groups is 1. The van der Waals surface area contributed by atoms with Crippen LogP contribution >= 0.6 is 0 Å². The van der Waals surface area contributed by atoms with Crippen LogP contribution in [0.5, 0.6) is 0 Å². The third-order valence-electron chi connectivity index (χ3n) is 5.34. The van der Waals surface area contributed by atoms with Crippen molar-refractivity contribution in [1.82, 2.24) is 5.32 Å². The molecule has 0 spiro atoms. The van der Waals surface area contributed by atoms with Crippen LogP contribution in [0.25, 0.3) is 11.1 Å². The van der Waals surface area contributed by atoms with Crippen molar-refractivity contribution in [1.29, 1.82) is 0 Å². The number of rotatable bonds is 7. The van der Waals surface area contributed by atoms with Gasteiger partial charge in [0, 0.05) is 12.5 Å². The molecule has 0 saturated heterocycles. The molecule has 0 radical (unpaired) electrons. The van der Waals surface area contributed by atoms with E-state index in [0.717, 1.165) is 22.3 Å². The van der Waals surface area contributed by atoms with Gasteiger partial charge in [0.25, 0.3) is 0 Å². The van der Waals surface area contributed by atoms with Gasteiger partial charge in [-0.1, -0.05) is 66.7 Å². The average Bonchev–Trinajstić information content (AvgIpc) is 3.10. The third kappa shape index (κ3) is 4.62. The van der Waals surface area contributed by atoms with Gasteiger partial charge in [-0.2, -0.15) is 0 Å². The highest BCUT2D eigenvalue weighted by Crippen LogP contribution is 2.44. The Hall–Kier alpha value is -3.16. The van der Waals surface area contributed by atoms with Crippen LogP contribution in [0.4, 0.5) is 4.79 Å². The van der Waals surface area contributed by atoms with E-state index in [-0.39, 0.29) is 24.0 Å². The summed E-state index contributed by atoms with van der Waals surface area (Å²) in [5.41, 5.74) is 4.47. The number of aliphatic hydroxyl groups excluding tert-OH is 1. The lowest BCUT2D eigenvalue weighted by molar-refractivity contribution is 0.132. The van der Waals surface area contributed by atoms with Crippen molar-refractivity contribution in [2.24, 2.45) is 0 Å². The zero-order valence-corrected chi connectivity index (χ0v) is 17.6. The van der Waals surface area contributed by atoms with Crippen LogP contribution in [0.15, 0.2) is 83.8 Å². The van der Waals surface area contributed by atoms with Crippen LogP contribution in [0.1, 0.15) is 17.0 Å². The summed E-state index contributed by atoms with van der Waals surface area (Å²) in [6.07, 6.45) is -1.94. The Morgan fingerprint density at radius 1 is 0.903 bits per heavy atom. The van der Waals surface area contributed by atoms with Gasteiger partial charge in [-0.05, 0) is 34.4 Å². The normalized spacial score (nSPS) is 13.8. The molecule has 31 heavy (non-hydrogen) atoms. The highest BCUT2D eigenvalue weighted by Gasteiger charge is 2.29. The van der Waals surface area contributed by atoms with Crippen molar-refractivity contribution in [3.05, 3.63) is 90.0 Å². The van der Waals surface area contributed by atoms with Gasteiger partial charge in [0.2, 0.25) is 0 Å². The number of ether oxygens (including phenoxy) is 1. The van der Waals surface area contributed by atoms with Crippen LogP contribution in [0, 0.1) is 0 Å². The molecule has 3 aromatic carbocycles. The fourth-order valence-electron chi connectivity index (χ4n) is 3.89. The fourth-order valence-corrected chi connectivity index (χ4v) is 5.28. The molecule has 4 rings (SSSR count). The number of sulfone groups is 1. The lowest BCUT2D eigenvalue weighted by Crippen LogP contribution is -2.36. The zero-order chi connectivity index (χ0) is 21.8. The number of carbonyl (C=O) groups excluding carboxylic acids is 1. The minimum absolute atomic E-state index is 0.0680. The molecular formula is C24H23NO5S. The number of alkyl carbamates (subject to hydrolysis) is 1. The maximum Gasteiger partial charge on any atom is 0.407 e. The van der Waals surface area contributed by atoms with Gasteiger partial charge in [-0.25, -0.2) is 13.2 Å². The molecule has 160 valence electrons. The van der Waals surface area contributed by atoms with E-state index in [1.54, 1.807) is 18.2 Å². The number of hydrogen-bond acceptors (Lipinski definition) is 5. The summed E-state index contributed by atoms with van der Waals surface area (Å²) in [5.74, 6) is -0.553. The van der Waals surface area contributed by atoms with Gasteiger partial charge in [0.1, 0.15) is 6.61 Å². The van der Waals surface area contributed by atoms with Crippen molar-refractivity contribution in [3.8, 4) is 11.1 Å². The van der Waals surface area contributed by atoms with E-state index in [1.807, 2.05) is 36.4 Å². The first-order valence-corrected chi connectivity index (χ1v) is 11.7.